The van der Waals surface area contributed by atoms with Crippen molar-refractivity contribution in [2.45, 2.75) is 38.1 Å². The average Bonchev–Trinajstić information content (AvgIpc) is 2.67. The van der Waals surface area contributed by atoms with Crippen molar-refractivity contribution in [1.29, 1.82) is 0 Å². The second-order valence-electron chi connectivity index (χ2n) is 6.16. The molecule has 0 aromatic heterocycles. The molecule has 1 aliphatic heterocycles. The lowest BCUT2D eigenvalue weighted by molar-refractivity contribution is -0.123. The first-order chi connectivity index (χ1) is 10.4. The molecular weight excluding hydrogens is 348 g/mol. The van der Waals surface area contributed by atoms with Gasteiger partial charge in [-0.05, 0) is 44.4 Å². The maximum Gasteiger partial charge on any atom is 0.261 e. The van der Waals surface area contributed by atoms with Gasteiger partial charge in [-0.2, -0.15) is 0 Å². The van der Waals surface area contributed by atoms with Gasteiger partial charge in [0.2, 0.25) is 5.91 Å². The number of carbonyl (C=O) groups excluding carboxylic acids is 3. The molecule has 1 aliphatic carbocycles. The molecule has 3 amide bonds. The van der Waals surface area contributed by atoms with Crippen LogP contribution in [0, 0.1) is 0 Å². The van der Waals surface area contributed by atoms with Gasteiger partial charge < -0.3 is 5.32 Å². The van der Waals surface area contributed by atoms with Crippen LogP contribution in [0.1, 0.15) is 53.3 Å². The van der Waals surface area contributed by atoms with Gasteiger partial charge in [0.15, 0.2) is 0 Å². The summed E-state index contributed by atoms with van der Waals surface area (Å²) < 4.78 is 0.755. The number of fused-ring (bicyclic) bond motifs is 1. The van der Waals surface area contributed by atoms with E-state index < -0.39 is 0 Å². The fourth-order valence-corrected chi connectivity index (χ4v) is 3.27. The smallest absolute Gasteiger partial charge is 0.261 e. The number of halogens is 1. The summed E-state index contributed by atoms with van der Waals surface area (Å²) in [5, 5.41) is 2.98. The molecule has 0 unspecified atom stereocenters. The molecule has 0 bridgehead atoms. The maximum absolute atomic E-state index is 12.3. The standard InChI is InChI=1S/C16H17BrN2O3/c1-16(6-2-7-16)18-13(20)5-8-19-14(21)11-4-3-10(17)9-12(11)15(19)22/h3-4,9H,2,5-8H2,1H3,(H,18,20). The van der Waals surface area contributed by atoms with Gasteiger partial charge in [-0.15, -0.1) is 0 Å². The van der Waals surface area contributed by atoms with Crippen LogP contribution < -0.4 is 5.32 Å². The number of amides is 3. The van der Waals surface area contributed by atoms with Crippen LogP contribution in [0.15, 0.2) is 22.7 Å². The Morgan fingerprint density at radius 3 is 2.59 bits per heavy atom. The lowest BCUT2D eigenvalue weighted by atomic mass is 9.78. The predicted molar refractivity (Wildman–Crippen MR) is 84.5 cm³/mol. The van der Waals surface area contributed by atoms with Crippen molar-refractivity contribution in [1.82, 2.24) is 10.2 Å². The fourth-order valence-electron chi connectivity index (χ4n) is 2.91. The molecule has 3 rings (SSSR count). The largest absolute Gasteiger partial charge is 0.351 e. The van der Waals surface area contributed by atoms with Crippen LogP contribution in [0.5, 0.6) is 0 Å². The van der Waals surface area contributed by atoms with Crippen LogP contribution in [0.25, 0.3) is 0 Å². The van der Waals surface area contributed by atoms with Crippen LogP contribution in [0.2, 0.25) is 0 Å². The van der Waals surface area contributed by atoms with Gasteiger partial charge in [0, 0.05) is 23.0 Å². The Kier molecular flexibility index (Phi) is 3.80. The molecule has 1 fully saturated rings. The van der Waals surface area contributed by atoms with Crippen LogP contribution in [-0.4, -0.2) is 34.7 Å². The second kappa shape index (κ2) is 5.50. The van der Waals surface area contributed by atoms with Crippen molar-refractivity contribution in [3.63, 3.8) is 0 Å². The lowest BCUT2D eigenvalue weighted by Crippen LogP contribution is -2.51. The number of nitrogens with one attached hydrogen (secondary N) is 1. The van der Waals surface area contributed by atoms with Crippen molar-refractivity contribution in [2.24, 2.45) is 0 Å². The van der Waals surface area contributed by atoms with Gasteiger partial charge in [0.05, 0.1) is 11.1 Å². The number of nitrogens with zero attached hydrogens (tertiary/aromatic N) is 1. The molecule has 0 atom stereocenters. The van der Waals surface area contributed by atoms with E-state index in [0.29, 0.717) is 11.1 Å². The SMILES string of the molecule is CC1(NC(=O)CCN2C(=O)c3ccc(Br)cc3C2=O)CCC1. The van der Waals surface area contributed by atoms with Crippen molar-refractivity contribution in [3.05, 3.63) is 33.8 Å². The average molecular weight is 365 g/mol. The topological polar surface area (TPSA) is 66.5 Å². The summed E-state index contributed by atoms with van der Waals surface area (Å²) in [6.45, 7) is 2.14. The molecule has 22 heavy (non-hydrogen) atoms. The zero-order valence-electron chi connectivity index (χ0n) is 12.3. The number of hydrogen-bond acceptors (Lipinski definition) is 3. The Hall–Kier alpha value is -1.69. The van der Waals surface area contributed by atoms with Gasteiger partial charge in [0.1, 0.15) is 0 Å². The highest BCUT2D eigenvalue weighted by molar-refractivity contribution is 9.10. The first kappa shape index (κ1) is 15.2. The van der Waals surface area contributed by atoms with E-state index in [2.05, 4.69) is 21.2 Å². The summed E-state index contributed by atoms with van der Waals surface area (Å²) in [6.07, 6.45) is 3.24. The molecule has 116 valence electrons. The monoisotopic (exact) mass is 364 g/mol. The van der Waals surface area contributed by atoms with E-state index in [1.165, 1.54) is 0 Å². The van der Waals surface area contributed by atoms with E-state index in [1.54, 1.807) is 18.2 Å². The van der Waals surface area contributed by atoms with Crippen LogP contribution in [0.4, 0.5) is 0 Å². The second-order valence-corrected chi connectivity index (χ2v) is 7.08. The van der Waals surface area contributed by atoms with Gasteiger partial charge in [-0.25, -0.2) is 0 Å². The highest BCUT2D eigenvalue weighted by Gasteiger charge is 2.37. The van der Waals surface area contributed by atoms with E-state index in [-0.39, 0.29) is 36.2 Å². The molecule has 0 saturated heterocycles. The maximum atomic E-state index is 12.3. The molecule has 0 spiro atoms. The van der Waals surface area contributed by atoms with Crippen molar-refractivity contribution in [2.75, 3.05) is 6.54 Å². The fraction of sp³-hybridized carbons (Fsp3) is 0.438. The summed E-state index contributed by atoms with van der Waals surface area (Å²) >= 11 is 3.30. The van der Waals surface area contributed by atoms with Gasteiger partial charge >= 0.3 is 0 Å². The molecule has 0 radical (unpaired) electrons. The summed E-state index contributed by atoms with van der Waals surface area (Å²) in [6, 6.07) is 5.01. The van der Waals surface area contributed by atoms with E-state index in [9.17, 15) is 14.4 Å². The summed E-state index contributed by atoms with van der Waals surface area (Å²) in [5.41, 5.74) is 0.689. The molecule has 1 aromatic rings. The quantitative estimate of drug-likeness (QED) is 0.834. The van der Waals surface area contributed by atoms with Crippen LogP contribution in [-0.2, 0) is 4.79 Å². The minimum absolute atomic E-state index is 0.107. The van der Waals surface area contributed by atoms with Crippen molar-refractivity contribution in [3.8, 4) is 0 Å². The number of imide groups is 1. The Labute approximate surface area is 137 Å². The molecule has 1 heterocycles. The summed E-state index contributed by atoms with van der Waals surface area (Å²) in [4.78, 5) is 37.7. The van der Waals surface area contributed by atoms with E-state index in [4.69, 9.17) is 0 Å². The third-order valence-corrected chi connectivity index (χ3v) is 4.89. The first-order valence-electron chi connectivity index (χ1n) is 7.36. The van der Waals surface area contributed by atoms with Crippen molar-refractivity contribution < 1.29 is 14.4 Å². The molecule has 5 nitrogen and oxygen atoms in total. The van der Waals surface area contributed by atoms with Crippen LogP contribution >= 0.6 is 15.9 Å². The zero-order valence-corrected chi connectivity index (χ0v) is 13.9. The third kappa shape index (κ3) is 2.67. The number of hydrogen-bond donors (Lipinski definition) is 1. The Balaban J connectivity index is 1.63. The molecule has 1 saturated carbocycles. The van der Waals surface area contributed by atoms with E-state index >= 15 is 0 Å². The molecular formula is C16H17BrN2O3. The molecule has 1 aromatic carbocycles. The third-order valence-electron chi connectivity index (χ3n) is 4.39. The molecule has 2 aliphatic rings. The lowest BCUT2D eigenvalue weighted by Gasteiger charge is -2.39. The highest BCUT2D eigenvalue weighted by atomic mass is 79.9. The summed E-state index contributed by atoms with van der Waals surface area (Å²) in [5.74, 6) is -0.765. The number of benzene rings is 1. The Morgan fingerprint density at radius 2 is 1.95 bits per heavy atom. The van der Waals surface area contributed by atoms with E-state index in [0.717, 1.165) is 28.6 Å². The van der Waals surface area contributed by atoms with Gasteiger partial charge in [-0.1, -0.05) is 15.9 Å². The zero-order chi connectivity index (χ0) is 15.9. The first-order valence-corrected chi connectivity index (χ1v) is 8.16. The Bertz CT molecular complexity index is 667. The van der Waals surface area contributed by atoms with Crippen LogP contribution in [0.3, 0.4) is 0 Å². The minimum atomic E-state index is -0.330. The number of carbonyl (C=O) groups is 3. The Morgan fingerprint density at radius 1 is 1.27 bits per heavy atom. The highest BCUT2D eigenvalue weighted by Crippen LogP contribution is 2.31. The number of rotatable bonds is 4. The molecule has 1 N–H and O–H groups in total. The van der Waals surface area contributed by atoms with Gasteiger partial charge in [-0.3, -0.25) is 19.3 Å². The van der Waals surface area contributed by atoms with E-state index in [1.807, 2.05) is 6.92 Å². The summed E-state index contributed by atoms with van der Waals surface area (Å²) in [7, 11) is 0. The molecule has 6 heteroatoms. The van der Waals surface area contributed by atoms with Gasteiger partial charge in [0.25, 0.3) is 11.8 Å². The predicted octanol–water partition coefficient (Wildman–Crippen LogP) is 2.49. The minimum Gasteiger partial charge on any atom is -0.351 e. The normalized spacial score (nSPS) is 18.9. The van der Waals surface area contributed by atoms with Crippen molar-refractivity contribution >= 4 is 33.7 Å².